The van der Waals surface area contributed by atoms with Gasteiger partial charge in [-0.15, -0.1) is 11.3 Å². The highest BCUT2D eigenvalue weighted by atomic mass is 32.1. The molecule has 0 amide bonds. The van der Waals surface area contributed by atoms with Crippen molar-refractivity contribution in [1.82, 2.24) is 9.97 Å². The second-order valence-corrected chi connectivity index (χ2v) is 5.81. The lowest BCUT2D eigenvalue weighted by Crippen LogP contribution is -2.09. The van der Waals surface area contributed by atoms with Crippen molar-refractivity contribution in [3.05, 3.63) is 33.3 Å². The van der Waals surface area contributed by atoms with E-state index in [0.29, 0.717) is 18.6 Å². The molecule has 0 aliphatic heterocycles. The highest BCUT2D eigenvalue weighted by molar-refractivity contribution is 7.11. The number of pyridine rings is 1. The standard InChI is InChI=1S/C15H18N2O2S/c1-5-12-11(15(18)19-6-2)7-8-13(17-12)14-9(3)20-10(4)16-14/h7-8H,5-6H2,1-4H3. The molecule has 20 heavy (non-hydrogen) atoms. The van der Waals surface area contributed by atoms with Crippen LogP contribution in [0.5, 0.6) is 0 Å². The number of esters is 1. The number of aryl methyl sites for hydroxylation is 3. The second kappa shape index (κ2) is 6.13. The minimum Gasteiger partial charge on any atom is -0.462 e. The summed E-state index contributed by atoms with van der Waals surface area (Å²) in [6, 6.07) is 3.63. The Labute approximate surface area is 122 Å². The van der Waals surface area contributed by atoms with Gasteiger partial charge in [0.15, 0.2) is 0 Å². The second-order valence-electron chi connectivity index (χ2n) is 4.40. The molecular weight excluding hydrogens is 272 g/mol. The van der Waals surface area contributed by atoms with Gasteiger partial charge in [0.25, 0.3) is 0 Å². The highest BCUT2D eigenvalue weighted by Crippen LogP contribution is 2.26. The first-order chi connectivity index (χ1) is 9.56. The molecule has 5 heteroatoms. The first-order valence-electron chi connectivity index (χ1n) is 6.68. The zero-order chi connectivity index (χ0) is 14.7. The molecule has 0 bridgehead atoms. The van der Waals surface area contributed by atoms with E-state index in [2.05, 4.69) is 9.97 Å². The van der Waals surface area contributed by atoms with Crippen LogP contribution in [0.2, 0.25) is 0 Å². The van der Waals surface area contributed by atoms with Gasteiger partial charge in [0, 0.05) is 4.88 Å². The molecule has 0 saturated heterocycles. The first kappa shape index (κ1) is 14.7. The topological polar surface area (TPSA) is 52.1 Å². The zero-order valence-electron chi connectivity index (χ0n) is 12.2. The fourth-order valence-corrected chi connectivity index (χ4v) is 2.89. The van der Waals surface area contributed by atoms with E-state index in [1.54, 1.807) is 24.3 Å². The summed E-state index contributed by atoms with van der Waals surface area (Å²) in [6.07, 6.45) is 0.685. The van der Waals surface area contributed by atoms with E-state index in [1.165, 1.54) is 0 Å². The van der Waals surface area contributed by atoms with Crippen LogP contribution >= 0.6 is 11.3 Å². The van der Waals surface area contributed by atoms with Crippen molar-refractivity contribution in [1.29, 1.82) is 0 Å². The van der Waals surface area contributed by atoms with Gasteiger partial charge in [-0.25, -0.2) is 9.78 Å². The van der Waals surface area contributed by atoms with Crippen molar-refractivity contribution in [2.45, 2.75) is 34.1 Å². The van der Waals surface area contributed by atoms with Crippen LogP contribution in [0.25, 0.3) is 11.4 Å². The molecule has 0 atom stereocenters. The lowest BCUT2D eigenvalue weighted by Gasteiger charge is -2.08. The molecule has 0 radical (unpaired) electrons. The monoisotopic (exact) mass is 290 g/mol. The van der Waals surface area contributed by atoms with Gasteiger partial charge in [0.05, 0.1) is 28.6 Å². The Morgan fingerprint density at radius 1 is 1.25 bits per heavy atom. The van der Waals surface area contributed by atoms with Gasteiger partial charge in [0.2, 0.25) is 0 Å². The van der Waals surface area contributed by atoms with Crippen LogP contribution in [-0.4, -0.2) is 22.5 Å². The normalized spacial score (nSPS) is 10.6. The molecule has 0 fully saturated rings. The number of ether oxygens (including phenoxy) is 1. The molecule has 0 aliphatic carbocycles. The SMILES string of the molecule is CCOC(=O)c1ccc(-c2nc(C)sc2C)nc1CC. The van der Waals surface area contributed by atoms with Crippen LogP contribution in [0.3, 0.4) is 0 Å². The maximum Gasteiger partial charge on any atom is 0.339 e. The van der Waals surface area contributed by atoms with Crippen LogP contribution in [0, 0.1) is 13.8 Å². The van der Waals surface area contributed by atoms with E-state index in [0.717, 1.165) is 27.0 Å². The summed E-state index contributed by atoms with van der Waals surface area (Å²) in [5, 5.41) is 1.02. The number of carbonyl (C=O) groups is 1. The van der Waals surface area contributed by atoms with E-state index >= 15 is 0 Å². The Kier molecular flexibility index (Phi) is 4.49. The smallest absolute Gasteiger partial charge is 0.339 e. The van der Waals surface area contributed by atoms with Crippen molar-refractivity contribution >= 4 is 17.3 Å². The van der Waals surface area contributed by atoms with Gasteiger partial charge in [-0.1, -0.05) is 6.92 Å². The Morgan fingerprint density at radius 3 is 2.55 bits per heavy atom. The first-order valence-corrected chi connectivity index (χ1v) is 7.49. The van der Waals surface area contributed by atoms with Gasteiger partial charge < -0.3 is 4.74 Å². The predicted molar refractivity (Wildman–Crippen MR) is 80.2 cm³/mol. The number of rotatable bonds is 4. The van der Waals surface area contributed by atoms with Crippen LogP contribution in [0.4, 0.5) is 0 Å². The van der Waals surface area contributed by atoms with Gasteiger partial charge in [-0.05, 0) is 39.3 Å². The lowest BCUT2D eigenvalue weighted by atomic mass is 10.1. The fraction of sp³-hybridized carbons (Fsp3) is 0.400. The average Bonchev–Trinajstić information content (AvgIpc) is 2.77. The Morgan fingerprint density at radius 2 is 2.00 bits per heavy atom. The molecule has 2 aromatic rings. The molecule has 0 unspecified atom stereocenters. The molecule has 0 saturated carbocycles. The Hall–Kier alpha value is -1.75. The summed E-state index contributed by atoms with van der Waals surface area (Å²) in [5.74, 6) is -0.311. The Bertz CT molecular complexity index is 635. The summed E-state index contributed by atoms with van der Waals surface area (Å²) < 4.78 is 5.05. The van der Waals surface area contributed by atoms with Crippen LogP contribution in [-0.2, 0) is 11.2 Å². The van der Waals surface area contributed by atoms with Gasteiger partial charge in [-0.3, -0.25) is 4.98 Å². The van der Waals surface area contributed by atoms with Crippen molar-refractivity contribution in [2.24, 2.45) is 0 Å². The molecule has 2 aromatic heterocycles. The van der Waals surface area contributed by atoms with Crippen molar-refractivity contribution in [3.63, 3.8) is 0 Å². The van der Waals surface area contributed by atoms with Crippen molar-refractivity contribution in [3.8, 4) is 11.4 Å². The van der Waals surface area contributed by atoms with Gasteiger partial charge in [0.1, 0.15) is 5.69 Å². The number of hydrogen-bond acceptors (Lipinski definition) is 5. The fourth-order valence-electron chi connectivity index (χ4n) is 2.06. The average molecular weight is 290 g/mol. The summed E-state index contributed by atoms with van der Waals surface area (Å²) in [4.78, 5) is 22.1. The molecule has 2 rings (SSSR count). The highest BCUT2D eigenvalue weighted by Gasteiger charge is 2.16. The van der Waals surface area contributed by atoms with Crippen LogP contribution in [0.1, 0.15) is 39.8 Å². The van der Waals surface area contributed by atoms with Crippen LogP contribution in [0.15, 0.2) is 12.1 Å². The summed E-state index contributed by atoms with van der Waals surface area (Å²) >= 11 is 1.65. The quantitative estimate of drug-likeness (QED) is 0.808. The van der Waals surface area contributed by atoms with Gasteiger partial charge in [-0.2, -0.15) is 0 Å². The van der Waals surface area contributed by atoms with Crippen LogP contribution < -0.4 is 0 Å². The molecule has 2 heterocycles. The number of thiazole rings is 1. The largest absolute Gasteiger partial charge is 0.462 e. The maximum atomic E-state index is 11.9. The number of hydrogen-bond donors (Lipinski definition) is 0. The third-order valence-electron chi connectivity index (χ3n) is 2.95. The number of nitrogens with zero attached hydrogens (tertiary/aromatic N) is 2. The molecule has 4 nitrogen and oxygen atoms in total. The molecule has 0 aromatic carbocycles. The lowest BCUT2D eigenvalue weighted by molar-refractivity contribution is 0.0524. The maximum absolute atomic E-state index is 11.9. The van der Waals surface area contributed by atoms with E-state index in [9.17, 15) is 4.79 Å². The van der Waals surface area contributed by atoms with E-state index in [4.69, 9.17) is 4.74 Å². The van der Waals surface area contributed by atoms with E-state index in [1.807, 2.05) is 26.8 Å². The zero-order valence-corrected chi connectivity index (χ0v) is 13.0. The third kappa shape index (κ3) is 2.88. The molecule has 0 spiro atoms. The molecule has 106 valence electrons. The third-order valence-corrected chi connectivity index (χ3v) is 3.84. The number of aromatic nitrogens is 2. The van der Waals surface area contributed by atoms with E-state index in [-0.39, 0.29) is 5.97 Å². The summed E-state index contributed by atoms with van der Waals surface area (Å²) in [6.45, 7) is 8.16. The number of carbonyl (C=O) groups excluding carboxylic acids is 1. The summed E-state index contributed by atoms with van der Waals surface area (Å²) in [7, 11) is 0. The van der Waals surface area contributed by atoms with Crippen molar-refractivity contribution < 1.29 is 9.53 Å². The summed E-state index contributed by atoms with van der Waals surface area (Å²) in [5.41, 5.74) is 3.02. The molecular formula is C15H18N2O2S. The minimum atomic E-state index is -0.311. The molecule has 0 N–H and O–H groups in total. The predicted octanol–water partition coefficient (Wildman–Crippen LogP) is 3.56. The van der Waals surface area contributed by atoms with Crippen molar-refractivity contribution in [2.75, 3.05) is 6.61 Å². The minimum absolute atomic E-state index is 0.311. The Balaban J connectivity index is 2.44. The molecule has 0 aliphatic rings. The van der Waals surface area contributed by atoms with E-state index < -0.39 is 0 Å². The van der Waals surface area contributed by atoms with Gasteiger partial charge >= 0.3 is 5.97 Å².